The highest BCUT2D eigenvalue weighted by molar-refractivity contribution is 5.80. The zero-order chi connectivity index (χ0) is 15.5. The first-order valence-corrected chi connectivity index (χ1v) is 7.67. The standard InChI is InChI=1S/C18H22N4/c1-3-22(13-14-7-5-4-6-8-14)15-9-10-17-16(11-15)20-18(12-19)21(17)2/h4-11H,3,12-13,19H2,1-2H3. The number of aryl methyl sites for hydroxylation is 1. The number of nitrogens with zero attached hydrogens (tertiary/aromatic N) is 3. The fourth-order valence-corrected chi connectivity index (χ4v) is 2.81. The summed E-state index contributed by atoms with van der Waals surface area (Å²) in [4.78, 5) is 6.98. The van der Waals surface area contributed by atoms with Crippen molar-refractivity contribution in [3.8, 4) is 0 Å². The molecule has 1 aromatic heterocycles. The van der Waals surface area contributed by atoms with Crippen molar-refractivity contribution in [1.29, 1.82) is 0 Å². The number of fused-ring (bicyclic) bond motifs is 1. The van der Waals surface area contributed by atoms with Crippen molar-refractivity contribution in [2.75, 3.05) is 11.4 Å². The summed E-state index contributed by atoms with van der Waals surface area (Å²) in [6.45, 7) is 4.50. The lowest BCUT2D eigenvalue weighted by atomic mass is 10.2. The van der Waals surface area contributed by atoms with Gasteiger partial charge in [0.15, 0.2) is 0 Å². The summed E-state index contributed by atoms with van der Waals surface area (Å²) in [5, 5.41) is 0. The second-order valence-corrected chi connectivity index (χ2v) is 5.46. The van der Waals surface area contributed by atoms with Crippen molar-refractivity contribution in [2.45, 2.75) is 20.0 Å². The van der Waals surface area contributed by atoms with E-state index in [2.05, 4.69) is 63.8 Å². The van der Waals surface area contributed by atoms with Crippen molar-refractivity contribution in [1.82, 2.24) is 9.55 Å². The van der Waals surface area contributed by atoms with Crippen LogP contribution in [0.15, 0.2) is 48.5 Å². The van der Waals surface area contributed by atoms with Gasteiger partial charge in [0.25, 0.3) is 0 Å². The molecule has 2 N–H and O–H groups in total. The molecule has 0 aliphatic rings. The van der Waals surface area contributed by atoms with Crippen molar-refractivity contribution >= 4 is 16.7 Å². The van der Waals surface area contributed by atoms with Gasteiger partial charge in [-0.2, -0.15) is 0 Å². The Morgan fingerprint density at radius 2 is 1.91 bits per heavy atom. The molecule has 4 heteroatoms. The molecule has 0 unspecified atom stereocenters. The third-order valence-electron chi connectivity index (χ3n) is 4.10. The Balaban J connectivity index is 1.93. The summed E-state index contributed by atoms with van der Waals surface area (Å²) >= 11 is 0. The smallest absolute Gasteiger partial charge is 0.123 e. The maximum absolute atomic E-state index is 5.75. The molecule has 0 bridgehead atoms. The van der Waals surface area contributed by atoms with Gasteiger partial charge in [0.2, 0.25) is 0 Å². The molecule has 0 saturated carbocycles. The molecule has 0 spiro atoms. The number of hydrogen-bond acceptors (Lipinski definition) is 3. The summed E-state index contributed by atoms with van der Waals surface area (Å²) in [5.41, 5.74) is 10.4. The third-order valence-corrected chi connectivity index (χ3v) is 4.10. The van der Waals surface area contributed by atoms with E-state index in [0.29, 0.717) is 6.54 Å². The first kappa shape index (κ1) is 14.6. The summed E-state index contributed by atoms with van der Waals surface area (Å²) in [6.07, 6.45) is 0. The van der Waals surface area contributed by atoms with E-state index in [0.717, 1.165) is 29.9 Å². The minimum atomic E-state index is 0.460. The highest BCUT2D eigenvalue weighted by Crippen LogP contribution is 2.23. The molecule has 3 aromatic rings. The van der Waals surface area contributed by atoms with Gasteiger partial charge in [-0.1, -0.05) is 30.3 Å². The molecule has 0 aliphatic carbocycles. The molecule has 114 valence electrons. The van der Waals surface area contributed by atoms with E-state index in [1.54, 1.807) is 0 Å². The van der Waals surface area contributed by atoms with E-state index in [1.807, 2.05) is 13.1 Å². The van der Waals surface area contributed by atoms with E-state index < -0.39 is 0 Å². The van der Waals surface area contributed by atoms with Crippen LogP contribution in [0.1, 0.15) is 18.3 Å². The van der Waals surface area contributed by atoms with Crippen LogP contribution in [0.2, 0.25) is 0 Å². The van der Waals surface area contributed by atoms with Gasteiger partial charge in [-0.05, 0) is 30.7 Å². The van der Waals surface area contributed by atoms with Gasteiger partial charge < -0.3 is 15.2 Å². The third kappa shape index (κ3) is 2.70. The lowest BCUT2D eigenvalue weighted by Crippen LogP contribution is -2.21. The quantitative estimate of drug-likeness (QED) is 0.786. The molecule has 0 amide bonds. The van der Waals surface area contributed by atoms with Crippen molar-refractivity contribution in [3.63, 3.8) is 0 Å². The lowest BCUT2D eigenvalue weighted by molar-refractivity contribution is 0.813. The summed E-state index contributed by atoms with van der Waals surface area (Å²) < 4.78 is 2.06. The fraction of sp³-hybridized carbons (Fsp3) is 0.278. The Morgan fingerprint density at radius 3 is 2.59 bits per heavy atom. The Labute approximate surface area is 131 Å². The largest absolute Gasteiger partial charge is 0.367 e. The number of anilines is 1. The lowest BCUT2D eigenvalue weighted by Gasteiger charge is -2.23. The average Bonchev–Trinajstić information content (AvgIpc) is 2.89. The number of hydrogen-bond donors (Lipinski definition) is 1. The van der Waals surface area contributed by atoms with E-state index >= 15 is 0 Å². The number of imidazole rings is 1. The van der Waals surface area contributed by atoms with Crippen molar-refractivity contribution in [3.05, 3.63) is 59.9 Å². The molecule has 4 nitrogen and oxygen atoms in total. The number of benzene rings is 2. The first-order valence-electron chi connectivity index (χ1n) is 7.67. The van der Waals surface area contributed by atoms with Gasteiger partial charge in [0.1, 0.15) is 5.82 Å². The highest BCUT2D eigenvalue weighted by Gasteiger charge is 2.10. The average molecular weight is 294 g/mol. The van der Waals surface area contributed by atoms with Crippen LogP contribution >= 0.6 is 0 Å². The van der Waals surface area contributed by atoms with Crippen LogP contribution in [-0.2, 0) is 20.1 Å². The Kier molecular flexibility index (Phi) is 4.11. The molecule has 0 aliphatic heterocycles. The van der Waals surface area contributed by atoms with Crippen LogP contribution in [0.5, 0.6) is 0 Å². The van der Waals surface area contributed by atoms with Crippen LogP contribution in [0.3, 0.4) is 0 Å². The monoisotopic (exact) mass is 294 g/mol. The van der Waals surface area contributed by atoms with Gasteiger partial charge in [-0.3, -0.25) is 0 Å². The molecular weight excluding hydrogens is 272 g/mol. The Hall–Kier alpha value is -2.33. The van der Waals surface area contributed by atoms with E-state index in [1.165, 1.54) is 11.3 Å². The number of aromatic nitrogens is 2. The van der Waals surface area contributed by atoms with Crippen molar-refractivity contribution < 1.29 is 0 Å². The van der Waals surface area contributed by atoms with Crippen molar-refractivity contribution in [2.24, 2.45) is 12.8 Å². The van der Waals surface area contributed by atoms with Crippen LogP contribution in [-0.4, -0.2) is 16.1 Å². The highest BCUT2D eigenvalue weighted by atomic mass is 15.1. The fourth-order valence-electron chi connectivity index (χ4n) is 2.81. The molecule has 0 atom stereocenters. The number of rotatable bonds is 5. The molecule has 1 heterocycles. The van der Waals surface area contributed by atoms with E-state index in [-0.39, 0.29) is 0 Å². The van der Waals surface area contributed by atoms with E-state index in [9.17, 15) is 0 Å². The second-order valence-electron chi connectivity index (χ2n) is 5.46. The summed E-state index contributed by atoms with van der Waals surface area (Å²) in [7, 11) is 2.01. The SMILES string of the molecule is CCN(Cc1ccccc1)c1ccc2c(c1)nc(CN)n2C. The molecule has 22 heavy (non-hydrogen) atoms. The maximum atomic E-state index is 5.75. The molecular formula is C18H22N4. The molecule has 0 saturated heterocycles. The second kappa shape index (κ2) is 6.20. The molecule has 0 radical (unpaired) electrons. The predicted octanol–water partition coefficient (Wildman–Crippen LogP) is 3.06. The normalized spacial score (nSPS) is 11.0. The first-order chi connectivity index (χ1) is 10.7. The molecule has 0 fully saturated rings. The predicted molar refractivity (Wildman–Crippen MR) is 91.8 cm³/mol. The van der Waals surface area contributed by atoms with Crippen LogP contribution in [0, 0.1) is 0 Å². The summed E-state index contributed by atoms with van der Waals surface area (Å²) in [5.74, 6) is 0.915. The van der Waals surface area contributed by atoms with Gasteiger partial charge >= 0.3 is 0 Å². The van der Waals surface area contributed by atoms with Gasteiger partial charge in [0, 0.05) is 25.8 Å². The minimum Gasteiger partial charge on any atom is -0.367 e. The zero-order valence-electron chi connectivity index (χ0n) is 13.2. The molecule has 3 rings (SSSR count). The Morgan fingerprint density at radius 1 is 1.14 bits per heavy atom. The Bertz CT molecular complexity index is 761. The van der Waals surface area contributed by atoms with Crippen LogP contribution < -0.4 is 10.6 Å². The zero-order valence-corrected chi connectivity index (χ0v) is 13.2. The number of nitrogens with two attached hydrogens (primary N) is 1. The van der Waals surface area contributed by atoms with E-state index in [4.69, 9.17) is 5.73 Å². The molecule has 2 aromatic carbocycles. The van der Waals surface area contributed by atoms with Crippen LogP contribution in [0.4, 0.5) is 5.69 Å². The van der Waals surface area contributed by atoms with Gasteiger partial charge in [-0.15, -0.1) is 0 Å². The van der Waals surface area contributed by atoms with Crippen LogP contribution in [0.25, 0.3) is 11.0 Å². The summed E-state index contributed by atoms with van der Waals surface area (Å²) in [6, 6.07) is 17.0. The van der Waals surface area contributed by atoms with Gasteiger partial charge in [-0.25, -0.2) is 4.98 Å². The maximum Gasteiger partial charge on any atom is 0.123 e. The van der Waals surface area contributed by atoms with Gasteiger partial charge in [0.05, 0.1) is 17.6 Å². The topological polar surface area (TPSA) is 47.1 Å². The minimum absolute atomic E-state index is 0.460.